The van der Waals surface area contributed by atoms with Crippen molar-refractivity contribution >= 4 is 43.2 Å². The summed E-state index contributed by atoms with van der Waals surface area (Å²) in [6.07, 6.45) is 8.69. The first-order valence-electron chi connectivity index (χ1n) is 11.6. The Bertz CT molecular complexity index is 1250. The van der Waals surface area contributed by atoms with Crippen LogP contribution in [-0.2, 0) is 32.8 Å². The van der Waals surface area contributed by atoms with Gasteiger partial charge in [0.25, 0.3) is 0 Å². The molecule has 1 aromatic carbocycles. The highest BCUT2D eigenvalue weighted by atomic mass is 35.5. The van der Waals surface area contributed by atoms with E-state index in [-0.39, 0.29) is 18.3 Å². The minimum absolute atomic E-state index is 0.0834. The van der Waals surface area contributed by atoms with Crippen molar-refractivity contribution < 1.29 is 17.4 Å². The molecule has 0 bridgehead atoms. The van der Waals surface area contributed by atoms with Gasteiger partial charge < -0.3 is 9.64 Å². The first-order valence-corrected chi connectivity index (χ1v) is 15.2. The molecule has 2 aliphatic rings. The van der Waals surface area contributed by atoms with Crippen molar-refractivity contribution in [3.8, 4) is 5.75 Å². The average Bonchev–Trinajstić information content (AvgIpc) is 3.19. The van der Waals surface area contributed by atoms with Gasteiger partial charge in [-0.15, -0.1) is 0 Å². The standard InChI is InChI=1S/C24H29ClN4O4S2/c1-3-4-18-12-26-24(27-13-18)29-9-7-19(8-10-29)23-28-20(15-34(23)30)14-33-22-6-5-17(11-21(22)25)16-35(2,31)32/h5-6,11-13,15,19H,3-4,7-10,14,16H2,1-2H3. The number of anilines is 1. The average molecular weight is 537 g/mol. The molecule has 0 amide bonds. The summed E-state index contributed by atoms with van der Waals surface area (Å²) >= 11 is 6.26. The molecule has 8 nitrogen and oxygen atoms in total. The van der Waals surface area contributed by atoms with E-state index >= 15 is 0 Å². The Balaban J connectivity index is 1.31. The maximum atomic E-state index is 12.7. The van der Waals surface area contributed by atoms with E-state index in [0.29, 0.717) is 27.1 Å². The lowest BCUT2D eigenvalue weighted by atomic mass is 9.98. The van der Waals surface area contributed by atoms with Crippen LogP contribution in [0.1, 0.15) is 37.3 Å². The fourth-order valence-corrected chi connectivity index (χ4v) is 6.48. The van der Waals surface area contributed by atoms with E-state index < -0.39 is 20.6 Å². The van der Waals surface area contributed by atoms with Gasteiger partial charge in [0, 0.05) is 43.1 Å². The number of nitrogens with zero attached hydrogens (tertiary/aromatic N) is 4. The molecular weight excluding hydrogens is 508 g/mol. The van der Waals surface area contributed by atoms with Crippen LogP contribution in [0, 0.1) is 5.92 Å². The summed E-state index contributed by atoms with van der Waals surface area (Å²) < 4.78 is 41.5. The molecule has 0 saturated carbocycles. The quantitative estimate of drug-likeness (QED) is 0.478. The zero-order valence-corrected chi connectivity index (χ0v) is 22.2. The van der Waals surface area contributed by atoms with Crippen LogP contribution >= 0.6 is 11.6 Å². The van der Waals surface area contributed by atoms with Gasteiger partial charge in [-0.3, -0.25) is 0 Å². The molecule has 35 heavy (non-hydrogen) atoms. The molecule has 1 atom stereocenters. The first-order chi connectivity index (χ1) is 16.7. The van der Waals surface area contributed by atoms with Crippen LogP contribution in [-0.4, -0.2) is 53.6 Å². The van der Waals surface area contributed by atoms with Crippen molar-refractivity contribution in [1.29, 1.82) is 0 Å². The number of aromatic nitrogens is 2. The Morgan fingerprint density at radius 3 is 2.51 bits per heavy atom. The van der Waals surface area contributed by atoms with Crippen molar-refractivity contribution in [3.05, 3.63) is 57.8 Å². The Labute approximate surface area is 213 Å². The number of aliphatic imine (C=N–C) groups is 1. The highest BCUT2D eigenvalue weighted by Gasteiger charge is 2.30. The largest absolute Gasteiger partial charge is 0.486 e. The summed E-state index contributed by atoms with van der Waals surface area (Å²) in [5, 5.41) is 2.65. The fraction of sp³-hybridized carbons (Fsp3) is 0.458. The number of rotatable bonds is 9. The minimum atomic E-state index is -3.15. The number of hydrogen-bond acceptors (Lipinski definition) is 8. The number of piperidine rings is 1. The third kappa shape index (κ3) is 6.89. The maximum Gasteiger partial charge on any atom is 0.225 e. The van der Waals surface area contributed by atoms with Crippen molar-refractivity contribution in [2.75, 3.05) is 30.9 Å². The summed E-state index contributed by atoms with van der Waals surface area (Å²) in [5.74, 6) is 1.22. The highest BCUT2D eigenvalue weighted by Crippen LogP contribution is 2.29. The number of halogens is 1. The van der Waals surface area contributed by atoms with Gasteiger partial charge in [-0.25, -0.2) is 27.6 Å². The molecule has 4 rings (SSSR count). The Hall–Kier alpha value is -2.30. The number of benzene rings is 1. The predicted molar refractivity (Wildman–Crippen MR) is 140 cm³/mol. The summed E-state index contributed by atoms with van der Waals surface area (Å²) in [4.78, 5) is 15.8. The van der Waals surface area contributed by atoms with E-state index in [1.807, 2.05) is 12.4 Å². The lowest BCUT2D eigenvalue weighted by molar-refractivity contribution is 0.351. The van der Waals surface area contributed by atoms with E-state index in [4.69, 9.17) is 16.3 Å². The first kappa shape index (κ1) is 25.8. The molecule has 1 saturated heterocycles. The molecule has 0 N–H and O–H groups in total. The monoisotopic (exact) mass is 536 g/mol. The third-order valence-corrected chi connectivity index (χ3v) is 8.34. The smallest absolute Gasteiger partial charge is 0.225 e. The Morgan fingerprint density at radius 1 is 1.17 bits per heavy atom. The Kier molecular flexibility index (Phi) is 8.23. The van der Waals surface area contributed by atoms with Crippen LogP contribution in [0.4, 0.5) is 5.95 Å². The molecule has 1 fully saturated rings. The van der Waals surface area contributed by atoms with Crippen LogP contribution in [0.5, 0.6) is 5.75 Å². The summed E-state index contributed by atoms with van der Waals surface area (Å²) in [5.41, 5.74) is 2.35. The van der Waals surface area contributed by atoms with Gasteiger partial charge in [0.05, 0.1) is 27.3 Å². The molecule has 0 aliphatic carbocycles. The topological polar surface area (TPSA) is 102 Å². The van der Waals surface area contributed by atoms with Crippen LogP contribution in [0.2, 0.25) is 5.02 Å². The van der Waals surface area contributed by atoms with Crippen molar-refractivity contribution in [2.45, 2.75) is 38.4 Å². The number of hydrogen-bond donors (Lipinski definition) is 0. The number of ether oxygens (including phenoxy) is 1. The molecule has 0 radical (unpaired) electrons. The van der Waals surface area contributed by atoms with Gasteiger partial charge in [0.2, 0.25) is 5.95 Å². The molecule has 0 spiro atoms. The lowest BCUT2D eigenvalue weighted by Gasteiger charge is -2.31. The second-order valence-electron chi connectivity index (χ2n) is 8.88. The zero-order chi connectivity index (χ0) is 25.0. The summed E-state index contributed by atoms with van der Waals surface area (Å²) in [6.45, 7) is 3.85. The SMILES string of the molecule is CCCc1cnc(N2CCC(C3=NC(COc4ccc(CS(C)(=O)=O)cc4Cl)=CS3=O)CC2)nc1. The van der Waals surface area contributed by atoms with E-state index in [0.717, 1.165) is 50.3 Å². The van der Waals surface area contributed by atoms with Crippen LogP contribution in [0.15, 0.2) is 46.7 Å². The van der Waals surface area contributed by atoms with E-state index in [1.165, 1.54) is 6.26 Å². The van der Waals surface area contributed by atoms with Gasteiger partial charge in [-0.1, -0.05) is 31.0 Å². The van der Waals surface area contributed by atoms with E-state index in [1.54, 1.807) is 23.6 Å². The predicted octanol–water partition coefficient (Wildman–Crippen LogP) is 3.92. The highest BCUT2D eigenvalue weighted by molar-refractivity contribution is 8.03. The van der Waals surface area contributed by atoms with Gasteiger partial charge in [-0.05, 0) is 42.5 Å². The molecule has 2 aromatic rings. The lowest BCUT2D eigenvalue weighted by Crippen LogP contribution is -2.37. The van der Waals surface area contributed by atoms with Crippen molar-refractivity contribution in [1.82, 2.24) is 9.97 Å². The minimum Gasteiger partial charge on any atom is -0.486 e. The molecule has 1 unspecified atom stereocenters. The van der Waals surface area contributed by atoms with E-state index in [9.17, 15) is 12.6 Å². The molecule has 3 heterocycles. The second kappa shape index (κ2) is 11.2. The molecule has 188 valence electrons. The van der Waals surface area contributed by atoms with Crippen LogP contribution in [0.25, 0.3) is 0 Å². The van der Waals surface area contributed by atoms with Gasteiger partial charge in [0.1, 0.15) is 17.4 Å². The Morgan fingerprint density at radius 2 is 1.89 bits per heavy atom. The van der Waals surface area contributed by atoms with Gasteiger partial charge in [0.15, 0.2) is 9.84 Å². The normalized spacial score (nSPS) is 18.9. The third-order valence-electron chi connectivity index (χ3n) is 5.86. The van der Waals surface area contributed by atoms with Gasteiger partial charge >= 0.3 is 0 Å². The molecule has 1 aromatic heterocycles. The van der Waals surface area contributed by atoms with Crippen molar-refractivity contribution in [3.63, 3.8) is 0 Å². The fourth-order valence-electron chi connectivity index (χ4n) is 4.18. The zero-order valence-electron chi connectivity index (χ0n) is 19.8. The van der Waals surface area contributed by atoms with Crippen molar-refractivity contribution in [2.24, 2.45) is 10.9 Å². The second-order valence-corrected chi connectivity index (χ2v) is 12.7. The van der Waals surface area contributed by atoms with Crippen LogP contribution < -0.4 is 9.64 Å². The number of aryl methyl sites for hydroxylation is 1. The number of sulfone groups is 1. The van der Waals surface area contributed by atoms with Gasteiger partial charge in [-0.2, -0.15) is 0 Å². The molecule has 11 heteroatoms. The maximum absolute atomic E-state index is 12.7. The molecular formula is C24H29ClN4O4S2. The van der Waals surface area contributed by atoms with E-state index in [2.05, 4.69) is 26.8 Å². The summed E-state index contributed by atoms with van der Waals surface area (Å²) in [6, 6.07) is 4.90. The summed E-state index contributed by atoms with van der Waals surface area (Å²) in [7, 11) is -4.42. The molecule has 2 aliphatic heterocycles. The van der Waals surface area contributed by atoms with Crippen LogP contribution in [0.3, 0.4) is 0 Å².